The van der Waals surface area contributed by atoms with Crippen molar-refractivity contribution in [3.05, 3.63) is 51.8 Å². The standard InChI is InChI=1S/C14H18N4O2/c1-3-8-15-10-12-7-9-17(16-12)13-5-4-6-14(11(13)2)18(19)20/h4-7,9,15H,3,8,10H2,1-2H3. The summed E-state index contributed by atoms with van der Waals surface area (Å²) in [5, 5.41) is 18.7. The molecule has 1 heterocycles. The van der Waals surface area contributed by atoms with Crippen molar-refractivity contribution >= 4 is 5.69 Å². The minimum absolute atomic E-state index is 0.114. The Labute approximate surface area is 117 Å². The molecule has 0 saturated heterocycles. The van der Waals surface area contributed by atoms with Crippen molar-refractivity contribution in [1.82, 2.24) is 15.1 Å². The Kier molecular flexibility index (Phi) is 4.47. The molecule has 106 valence electrons. The van der Waals surface area contributed by atoms with Gasteiger partial charge in [-0.05, 0) is 32.0 Å². The number of nitrogens with one attached hydrogen (secondary N) is 1. The van der Waals surface area contributed by atoms with Crippen LogP contribution in [0.1, 0.15) is 24.6 Å². The number of nitro groups is 1. The molecule has 2 rings (SSSR count). The molecule has 0 bridgehead atoms. The largest absolute Gasteiger partial charge is 0.311 e. The van der Waals surface area contributed by atoms with Gasteiger partial charge in [-0.3, -0.25) is 10.1 Å². The first kappa shape index (κ1) is 14.2. The minimum Gasteiger partial charge on any atom is -0.311 e. The van der Waals surface area contributed by atoms with Crippen molar-refractivity contribution in [3.8, 4) is 5.69 Å². The monoisotopic (exact) mass is 274 g/mol. The zero-order chi connectivity index (χ0) is 14.5. The van der Waals surface area contributed by atoms with E-state index in [1.807, 2.05) is 18.3 Å². The van der Waals surface area contributed by atoms with Gasteiger partial charge < -0.3 is 5.32 Å². The first-order valence-corrected chi connectivity index (χ1v) is 6.63. The van der Waals surface area contributed by atoms with Crippen LogP contribution in [0.15, 0.2) is 30.5 Å². The van der Waals surface area contributed by atoms with E-state index in [1.54, 1.807) is 17.7 Å². The van der Waals surface area contributed by atoms with E-state index < -0.39 is 0 Å². The predicted octanol–water partition coefficient (Wildman–Crippen LogP) is 2.59. The van der Waals surface area contributed by atoms with Gasteiger partial charge in [-0.25, -0.2) is 4.68 Å². The van der Waals surface area contributed by atoms with Crippen LogP contribution in [0.2, 0.25) is 0 Å². The maximum atomic E-state index is 11.0. The van der Waals surface area contributed by atoms with E-state index in [9.17, 15) is 10.1 Å². The molecule has 0 fully saturated rings. The third-order valence-electron chi connectivity index (χ3n) is 3.10. The van der Waals surface area contributed by atoms with Crippen LogP contribution < -0.4 is 5.32 Å². The first-order valence-electron chi connectivity index (χ1n) is 6.63. The summed E-state index contributed by atoms with van der Waals surface area (Å²) in [5.74, 6) is 0. The van der Waals surface area contributed by atoms with Crippen LogP contribution in [-0.2, 0) is 6.54 Å². The maximum absolute atomic E-state index is 11.0. The van der Waals surface area contributed by atoms with E-state index in [1.165, 1.54) is 6.07 Å². The van der Waals surface area contributed by atoms with Crippen LogP contribution in [0.3, 0.4) is 0 Å². The van der Waals surface area contributed by atoms with Crippen LogP contribution in [0.5, 0.6) is 0 Å². The summed E-state index contributed by atoms with van der Waals surface area (Å²) in [4.78, 5) is 10.6. The normalized spacial score (nSPS) is 10.7. The van der Waals surface area contributed by atoms with Gasteiger partial charge in [0.15, 0.2) is 0 Å². The molecule has 6 nitrogen and oxygen atoms in total. The molecule has 0 atom stereocenters. The Morgan fingerprint density at radius 2 is 2.20 bits per heavy atom. The van der Waals surface area contributed by atoms with Crippen LogP contribution >= 0.6 is 0 Å². The SMILES string of the molecule is CCCNCc1ccn(-c2cccc([N+](=O)[O-])c2C)n1. The average molecular weight is 274 g/mol. The minimum atomic E-state index is -0.369. The molecule has 0 aliphatic carbocycles. The van der Waals surface area contributed by atoms with Crippen molar-refractivity contribution in [2.24, 2.45) is 0 Å². The fourth-order valence-corrected chi connectivity index (χ4v) is 2.04. The highest BCUT2D eigenvalue weighted by Gasteiger charge is 2.14. The lowest BCUT2D eigenvalue weighted by Crippen LogP contribution is -2.14. The average Bonchev–Trinajstić information content (AvgIpc) is 2.87. The summed E-state index contributed by atoms with van der Waals surface area (Å²) in [6.07, 6.45) is 2.90. The Balaban J connectivity index is 2.24. The molecule has 0 aliphatic heterocycles. The molecule has 0 saturated carbocycles. The van der Waals surface area contributed by atoms with E-state index >= 15 is 0 Å². The fraction of sp³-hybridized carbons (Fsp3) is 0.357. The van der Waals surface area contributed by atoms with Gasteiger partial charge in [-0.2, -0.15) is 5.10 Å². The molecular weight excluding hydrogens is 256 g/mol. The Hall–Kier alpha value is -2.21. The van der Waals surface area contributed by atoms with E-state index in [-0.39, 0.29) is 10.6 Å². The number of rotatable bonds is 6. The van der Waals surface area contributed by atoms with E-state index in [2.05, 4.69) is 17.3 Å². The second kappa shape index (κ2) is 6.29. The molecule has 1 N–H and O–H groups in total. The zero-order valence-corrected chi connectivity index (χ0v) is 11.7. The molecule has 6 heteroatoms. The van der Waals surface area contributed by atoms with Crippen molar-refractivity contribution < 1.29 is 4.92 Å². The summed E-state index contributed by atoms with van der Waals surface area (Å²) in [5.41, 5.74) is 2.39. The second-order valence-corrected chi connectivity index (χ2v) is 4.61. The van der Waals surface area contributed by atoms with Gasteiger partial charge in [0, 0.05) is 18.8 Å². The number of nitro benzene ring substituents is 1. The highest BCUT2D eigenvalue weighted by atomic mass is 16.6. The third kappa shape index (κ3) is 3.03. The maximum Gasteiger partial charge on any atom is 0.274 e. The third-order valence-corrected chi connectivity index (χ3v) is 3.10. The Morgan fingerprint density at radius 1 is 1.40 bits per heavy atom. The number of hydrogen-bond donors (Lipinski definition) is 1. The van der Waals surface area contributed by atoms with Crippen LogP contribution in [-0.4, -0.2) is 21.2 Å². The predicted molar refractivity (Wildman–Crippen MR) is 77.0 cm³/mol. The van der Waals surface area contributed by atoms with Gasteiger partial charge in [0.2, 0.25) is 0 Å². The van der Waals surface area contributed by atoms with E-state index in [0.29, 0.717) is 12.1 Å². The zero-order valence-electron chi connectivity index (χ0n) is 11.7. The van der Waals surface area contributed by atoms with Gasteiger partial charge in [-0.1, -0.05) is 13.0 Å². The summed E-state index contributed by atoms with van der Waals surface area (Å²) in [6.45, 7) is 5.50. The lowest BCUT2D eigenvalue weighted by atomic mass is 10.1. The van der Waals surface area contributed by atoms with Gasteiger partial charge in [0.05, 0.1) is 21.9 Å². The number of benzene rings is 1. The second-order valence-electron chi connectivity index (χ2n) is 4.61. The molecule has 1 aromatic heterocycles. The lowest BCUT2D eigenvalue weighted by Gasteiger charge is -2.06. The summed E-state index contributed by atoms with van der Waals surface area (Å²) in [7, 11) is 0. The molecule has 20 heavy (non-hydrogen) atoms. The fourth-order valence-electron chi connectivity index (χ4n) is 2.04. The van der Waals surface area contributed by atoms with Crippen molar-refractivity contribution in [2.75, 3.05) is 6.54 Å². The first-order chi connectivity index (χ1) is 9.63. The number of nitrogens with zero attached hydrogens (tertiary/aromatic N) is 3. The highest BCUT2D eigenvalue weighted by molar-refractivity contribution is 5.52. The lowest BCUT2D eigenvalue weighted by molar-refractivity contribution is -0.385. The number of aromatic nitrogens is 2. The summed E-state index contributed by atoms with van der Waals surface area (Å²) < 4.78 is 1.69. The highest BCUT2D eigenvalue weighted by Crippen LogP contribution is 2.23. The van der Waals surface area contributed by atoms with Crippen LogP contribution in [0.4, 0.5) is 5.69 Å². The molecule has 0 unspecified atom stereocenters. The van der Waals surface area contributed by atoms with Crippen molar-refractivity contribution in [1.29, 1.82) is 0 Å². The molecule has 0 spiro atoms. The van der Waals surface area contributed by atoms with Gasteiger partial charge in [0.25, 0.3) is 5.69 Å². The van der Waals surface area contributed by atoms with Crippen molar-refractivity contribution in [3.63, 3.8) is 0 Å². The van der Waals surface area contributed by atoms with E-state index in [0.717, 1.165) is 24.3 Å². The molecule has 1 aromatic carbocycles. The van der Waals surface area contributed by atoms with Gasteiger partial charge in [-0.15, -0.1) is 0 Å². The Bertz CT molecular complexity index is 607. The molecular formula is C14H18N4O2. The van der Waals surface area contributed by atoms with Gasteiger partial charge >= 0.3 is 0 Å². The summed E-state index contributed by atoms with van der Waals surface area (Å²) >= 11 is 0. The molecule has 0 aliphatic rings. The number of hydrogen-bond acceptors (Lipinski definition) is 4. The Morgan fingerprint density at radius 3 is 2.90 bits per heavy atom. The smallest absolute Gasteiger partial charge is 0.274 e. The molecule has 2 aromatic rings. The van der Waals surface area contributed by atoms with Gasteiger partial charge in [0.1, 0.15) is 0 Å². The van der Waals surface area contributed by atoms with Crippen LogP contribution in [0, 0.1) is 17.0 Å². The van der Waals surface area contributed by atoms with E-state index in [4.69, 9.17) is 0 Å². The topological polar surface area (TPSA) is 73.0 Å². The van der Waals surface area contributed by atoms with Crippen molar-refractivity contribution in [2.45, 2.75) is 26.8 Å². The molecule has 0 radical (unpaired) electrons. The quantitative estimate of drug-likeness (QED) is 0.499. The molecule has 0 amide bonds. The van der Waals surface area contributed by atoms with Crippen LogP contribution in [0.25, 0.3) is 5.69 Å². The summed E-state index contributed by atoms with van der Waals surface area (Å²) in [6, 6.07) is 6.93.